The zero-order valence-corrected chi connectivity index (χ0v) is 16.2. The van der Waals surface area contributed by atoms with Gasteiger partial charge in [0.15, 0.2) is 8.32 Å². The van der Waals surface area contributed by atoms with Crippen molar-refractivity contribution in [2.75, 3.05) is 25.0 Å². The first kappa shape index (κ1) is 19.0. The molecule has 0 radical (unpaired) electrons. The number of rotatable bonds is 6. The summed E-state index contributed by atoms with van der Waals surface area (Å²) in [7, 11) is -1.76. The first-order chi connectivity index (χ1) is 11.1. The van der Waals surface area contributed by atoms with Gasteiger partial charge in [0.2, 0.25) is 0 Å². The van der Waals surface area contributed by atoms with E-state index in [-0.39, 0.29) is 11.1 Å². The molecule has 1 fully saturated rings. The summed E-state index contributed by atoms with van der Waals surface area (Å²) < 4.78 is 6.31. The molecule has 1 aliphatic heterocycles. The van der Waals surface area contributed by atoms with Gasteiger partial charge in [0.1, 0.15) is 11.9 Å². The van der Waals surface area contributed by atoms with Gasteiger partial charge in [-0.05, 0) is 30.3 Å². The zero-order valence-electron chi connectivity index (χ0n) is 15.2. The van der Waals surface area contributed by atoms with Crippen LogP contribution in [-0.4, -0.2) is 61.1 Å². The number of likely N-dealkylation sites (tertiary alicyclic amines) is 1. The summed E-state index contributed by atoms with van der Waals surface area (Å²) in [5.41, 5.74) is 0. The Morgan fingerprint density at radius 2 is 2.12 bits per heavy atom. The summed E-state index contributed by atoms with van der Waals surface area (Å²) in [4.78, 5) is 18.0. The normalized spacial score (nSPS) is 18.1. The minimum atomic E-state index is -1.76. The summed E-state index contributed by atoms with van der Waals surface area (Å²) in [5.74, 6) is 0.0201. The van der Waals surface area contributed by atoms with Crippen LogP contribution in [0.1, 0.15) is 20.8 Å². The van der Waals surface area contributed by atoms with E-state index in [0.29, 0.717) is 12.4 Å². The second kappa shape index (κ2) is 7.31. The van der Waals surface area contributed by atoms with Gasteiger partial charge < -0.3 is 14.8 Å². The highest BCUT2D eigenvalue weighted by Gasteiger charge is 2.42. The number of pyridine rings is 1. The van der Waals surface area contributed by atoms with Crippen LogP contribution in [0.25, 0.3) is 0 Å². The minimum absolute atomic E-state index is 0.190. The summed E-state index contributed by atoms with van der Waals surface area (Å²) in [6, 6.07) is 5.25. The Bertz CT molecular complexity index is 554. The zero-order chi connectivity index (χ0) is 18.0. The molecule has 1 atom stereocenters. The molecule has 0 bridgehead atoms. The number of hydrogen-bond acceptors (Lipinski definition) is 5. The van der Waals surface area contributed by atoms with Crippen LogP contribution in [0.4, 0.5) is 5.82 Å². The molecule has 2 N–H and O–H groups in total. The molecule has 1 saturated heterocycles. The first-order valence-corrected chi connectivity index (χ1v) is 11.3. The Morgan fingerprint density at radius 1 is 1.46 bits per heavy atom. The van der Waals surface area contributed by atoms with E-state index in [0.717, 1.165) is 13.1 Å². The fraction of sp³-hybridized carbons (Fsp3) is 0.647. The molecule has 0 aromatic carbocycles. The summed E-state index contributed by atoms with van der Waals surface area (Å²) >= 11 is 0. The Labute approximate surface area is 145 Å². The third-order valence-electron chi connectivity index (χ3n) is 4.84. The predicted octanol–water partition coefficient (Wildman–Crippen LogP) is 2.09. The van der Waals surface area contributed by atoms with Gasteiger partial charge in [-0.15, -0.1) is 0 Å². The van der Waals surface area contributed by atoms with Gasteiger partial charge in [-0.25, -0.2) is 4.98 Å². The number of β-amino-alcohol motifs (C(OH)–C–C–N with tert-alkyl or cyclic N) is 1. The molecule has 6 nitrogen and oxygen atoms in total. The number of carbonyl (C=O) groups excluding carboxylic acids is 1. The summed E-state index contributed by atoms with van der Waals surface area (Å²) in [6.07, 6.45) is 0.734. The van der Waals surface area contributed by atoms with E-state index >= 15 is 0 Å². The molecule has 2 heterocycles. The average molecular weight is 352 g/mol. The number of nitrogens with one attached hydrogen (secondary N) is 1. The van der Waals surface area contributed by atoms with Gasteiger partial charge >= 0.3 is 0 Å². The predicted molar refractivity (Wildman–Crippen MR) is 97.4 cm³/mol. The molecule has 1 unspecified atom stereocenters. The molecule has 134 valence electrons. The molecule has 0 saturated carbocycles. The van der Waals surface area contributed by atoms with Gasteiger partial charge in [-0.3, -0.25) is 9.69 Å². The van der Waals surface area contributed by atoms with Crippen LogP contribution >= 0.6 is 0 Å². The molecule has 1 amide bonds. The van der Waals surface area contributed by atoms with E-state index in [1.165, 1.54) is 0 Å². The lowest BCUT2D eigenvalue weighted by molar-refractivity contribution is -0.126. The second-order valence-electron chi connectivity index (χ2n) is 7.94. The van der Waals surface area contributed by atoms with Gasteiger partial charge in [0.05, 0.1) is 6.10 Å². The van der Waals surface area contributed by atoms with Gasteiger partial charge in [0, 0.05) is 25.8 Å². The molecular weight excluding hydrogens is 322 g/mol. The van der Waals surface area contributed by atoms with E-state index in [9.17, 15) is 9.90 Å². The Hall–Kier alpha value is -1.28. The van der Waals surface area contributed by atoms with Crippen LogP contribution in [0.15, 0.2) is 24.4 Å². The molecule has 1 aliphatic rings. The number of hydrogen-bond donors (Lipinski definition) is 2. The van der Waals surface area contributed by atoms with Crippen molar-refractivity contribution in [3.8, 4) is 0 Å². The molecule has 2 rings (SSSR count). The number of carbonyl (C=O) groups is 1. The van der Waals surface area contributed by atoms with Crippen LogP contribution in [0, 0.1) is 0 Å². The average Bonchev–Trinajstić information content (AvgIpc) is 2.44. The fourth-order valence-corrected chi connectivity index (χ4v) is 3.65. The Balaban J connectivity index is 1.74. The quantitative estimate of drug-likeness (QED) is 0.768. The van der Waals surface area contributed by atoms with E-state index in [2.05, 4.69) is 44.2 Å². The van der Waals surface area contributed by atoms with Crippen LogP contribution in [0.3, 0.4) is 0 Å². The number of amides is 1. The summed E-state index contributed by atoms with van der Waals surface area (Å²) in [5, 5.41) is 12.9. The Morgan fingerprint density at radius 3 is 2.67 bits per heavy atom. The van der Waals surface area contributed by atoms with Gasteiger partial charge in [0.25, 0.3) is 5.91 Å². The van der Waals surface area contributed by atoms with E-state index in [1.807, 2.05) is 4.90 Å². The van der Waals surface area contributed by atoms with Crippen molar-refractivity contribution in [3.63, 3.8) is 0 Å². The number of aliphatic hydroxyl groups is 1. The maximum atomic E-state index is 12.0. The smallest absolute Gasteiger partial charge is 0.255 e. The van der Waals surface area contributed by atoms with Crippen molar-refractivity contribution in [1.82, 2.24) is 9.88 Å². The third kappa shape index (κ3) is 4.86. The minimum Gasteiger partial charge on any atom is -0.411 e. The largest absolute Gasteiger partial charge is 0.411 e. The number of aliphatic hydroxyl groups excluding tert-OH is 1. The molecular formula is C17H29N3O3Si. The van der Waals surface area contributed by atoms with Crippen molar-refractivity contribution in [2.45, 2.75) is 51.1 Å². The molecule has 1 aromatic rings. The monoisotopic (exact) mass is 351 g/mol. The van der Waals surface area contributed by atoms with Crippen molar-refractivity contribution >= 4 is 20.0 Å². The molecule has 24 heavy (non-hydrogen) atoms. The number of anilines is 1. The molecule has 0 spiro atoms. The first-order valence-electron chi connectivity index (χ1n) is 8.38. The van der Waals surface area contributed by atoms with Crippen LogP contribution < -0.4 is 5.32 Å². The maximum Gasteiger partial charge on any atom is 0.255 e. The van der Waals surface area contributed by atoms with Gasteiger partial charge in [-0.1, -0.05) is 26.8 Å². The van der Waals surface area contributed by atoms with Crippen molar-refractivity contribution in [1.29, 1.82) is 0 Å². The van der Waals surface area contributed by atoms with E-state index < -0.39 is 20.3 Å². The van der Waals surface area contributed by atoms with E-state index in [4.69, 9.17) is 4.43 Å². The van der Waals surface area contributed by atoms with Crippen molar-refractivity contribution in [3.05, 3.63) is 24.4 Å². The molecule has 7 heteroatoms. The van der Waals surface area contributed by atoms with Crippen LogP contribution in [0.5, 0.6) is 0 Å². The second-order valence-corrected chi connectivity index (χ2v) is 12.7. The van der Waals surface area contributed by atoms with Crippen molar-refractivity contribution < 1.29 is 14.3 Å². The third-order valence-corrected chi connectivity index (χ3v) is 9.38. The van der Waals surface area contributed by atoms with Gasteiger partial charge in [-0.2, -0.15) is 0 Å². The highest BCUT2D eigenvalue weighted by molar-refractivity contribution is 6.74. The lowest BCUT2D eigenvalue weighted by Gasteiger charge is -2.46. The summed E-state index contributed by atoms with van der Waals surface area (Å²) in [6.45, 7) is 13.0. The van der Waals surface area contributed by atoms with Crippen LogP contribution in [-0.2, 0) is 9.22 Å². The number of nitrogens with zero attached hydrogens (tertiary/aromatic N) is 2. The molecule has 0 aliphatic carbocycles. The highest BCUT2D eigenvalue weighted by Crippen LogP contribution is 2.38. The van der Waals surface area contributed by atoms with Crippen molar-refractivity contribution in [2.24, 2.45) is 0 Å². The maximum absolute atomic E-state index is 12.0. The Kier molecular flexibility index (Phi) is 5.80. The SMILES string of the molecule is CC(C)(C)[Si](C)(C)OC1CN(CC(O)C(=O)Nc2ccccn2)C1. The lowest BCUT2D eigenvalue weighted by Crippen LogP contribution is -2.59. The highest BCUT2D eigenvalue weighted by atomic mass is 28.4. The lowest BCUT2D eigenvalue weighted by atomic mass is 10.1. The van der Waals surface area contributed by atoms with Crippen LogP contribution in [0.2, 0.25) is 18.1 Å². The molecule has 1 aromatic heterocycles. The topological polar surface area (TPSA) is 74.7 Å². The fourth-order valence-electron chi connectivity index (χ4n) is 2.31. The number of aromatic nitrogens is 1. The van der Waals surface area contributed by atoms with E-state index in [1.54, 1.807) is 24.4 Å². The standard InChI is InChI=1S/C17H29N3O3Si/c1-17(2,3)24(4,5)23-13-10-20(11-13)12-14(21)16(22)19-15-8-6-7-9-18-15/h6-9,13-14,21H,10-12H2,1-5H3,(H,18,19,22).